The molecule has 0 spiro atoms. The van der Waals surface area contributed by atoms with Crippen LogP contribution in [0.1, 0.15) is 69.7 Å². The van der Waals surface area contributed by atoms with Gasteiger partial charge < -0.3 is 19.5 Å². The number of rotatable bonds is 9. The van der Waals surface area contributed by atoms with Crippen LogP contribution in [0.25, 0.3) is 0 Å². The Morgan fingerprint density at radius 2 is 1.90 bits per heavy atom. The van der Waals surface area contributed by atoms with Crippen molar-refractivity contribution >= 4 is 11.9 Å². The molecular formula is C23H34FNO5. The average molecular weight is 424 g/mol. The molecule has 168 valence electrons. The van der Waals surface area contributed by atoms with Crippen LogP contribution in [0.4, 0.5) is 9.18 Å². The van der Waals surface area contributed by atoms with Gasteiger partial charge in [-0.1, -0.05) is 0 Å². The molecule has 1 aliphatic heterocycles. The maximum atomic E-state index is 14.1. The number of hydrogen-bond acceptors (Lipinski definition) is 5. The standard InChI is InChI=1S/C23H34FNO5/c1-23(2,3)30-22(28)25-12-10-17(11-13-25)6-5-15-29-18-8-9-19(20(24)16-18)21(27)7-4-14-26/h8-9,16-17,26H,4-7,10-15H2,1-3H3. The zero-order valence-electron chi connectivity index (χ0n) is 18.3. The number of benzene rings is 1. The number of halogens is 1. The van der Waals surface area contributed by atoms with Gasteiger partial charge in [0, 0.05) is 32.2 Å². The summed E-state index contributed by atoms with van der Waals surface area (Å²) in [5.74, 6) is 0.0391. The van der Waals surface area contributed by atoms with Crippen molar-refractivity contribution in [2.24, 2.45) is 5.92 Å². The SMILES string of the molecule is CC(C)(C)OC(=O)N1CCC(CCCOc2ccc(C(=O)CCCO)c(F)c2)CC1. The molecule has 1 saturated heterocycles. The Labute approximate surface area is 178 Å². The van der Waals surface area contributed by atoms with Gasteiger partial charge in [0.15, 0.2) is 5.78 Å². The Balaban J connectivity index is 1.68. The van der Waals surface area contributed by atoms with Crippen molar-refractivity contribution in [3.63, 3.8) is 0 Å². The predicted octanol–water partition coefficient (Wildman–Crippen LogP) is 4.59. The fourth-order valence-electron chi connectivity index (χ4n) is 3.48. The molecule has 0 aromatic heterocycles. The van der Waals surface area contributed by atoms with Gasteiger partial charge >= 0.3 is 6.09 Å². The molecule has 1 amide bonds. The first-order valence-electron chi connectivity index (χ1n) is 10.7. The van der Waals surface area contributed by atoms with Gasteiger partial charge in [0.05, 0.1) is 12.2 Å². The molecule has 0 atom stereocenters. The van der Waals surface area contributed by atoms with Gasteiger partial charge in [-0.25, -0.2) is 9.18 Å². The second kappa shape index (κ2) is 11.3. The van der Waals surface area contributed by atoms with Crippen LogP contribution in [0.2, 0.25) is 0 Å². The summed E-state index contributed by atoms with van der Waals surface area (Å²) in [6.07, 6.45) is 3.92. The van der Waals surface area contributed by atoms with Gasteiger partial charge in [0.1, 0.15) is 17.2 Å². The quantitative estimate of drug-likeness (QED) is 0.464. The molecule has 1 heterocycles. The number of aliphatic hydroxyl groups excluding tert-OH is 1. The summed E-state index contributed by atoms with van der Waals surface area (Å²) in [7, 11) is 0. The lowest BCUT2D eigenvalue weighted by atomic mass is 9.92. The third-order valence-electron chi connectivity index (χ3n) is 5.09. The van der Waals surface area contributed by atoms with E-state index in [-0.39, 0.29) is 30.5 Å². The lowest BCUT2D eigenvalue weighted by molar-refractivity contribution is 0.0179. The number of Topliss-reactive ketones (excluding diaryl/α,β-unsaturated/α-hetero) is 1. The van der Waals surface area contributed by atoms with E-state index in [1.54, 1.807) is 11.0 Å². The van der Waals surface area contributed by atoms with Gasteiger partial charge in [-0.2, -0.15) is 0 Å². The number of likely N-dealkylation sites (tertiary alicyclic amines) is 1. The molecule has 0 bridgehead atoms. The Morgan fingerprint density at radius 1 is 1.20 bits per heavy atom. The monoisotopic (exact) mass is 423 g/mol. The van der Waals surface area contributed by atoms with Crippen LogP contribution in [0.3, 0.4) is 0 Å². The summed E-state index contributed by atoms with van der Waals surface area (Å²) in [6, 6.07) is 4.29. The van der Waals surface area contributed by atoms with Crippen molar-refractivity contribution in [2.75, 3.05) is 26.3 Å². The first-order valence-corrected chi connectivity index (χ1v) is 10.7. The van der Waals surface area contributed by atoms with Crippen LogP contribution < -0.4 is 4.74 Å². The number of aliphatic hydroxyl groups is 1. The zero-order valence-corrected chi connectivity index (χ0v) is 18.3. The molecule has 0 saturated carbocycles. The lowest BCUT2D eigenvalue weighted by Crippen LogP contribution is -2.41. The van der Waals surface area contributed by atoms with Crippen LogP contribution in [-0.2, 0) is 4.74 Å². The molecule has 7 heteroatoms. The van der Waals surface area contributed by atoms with E-state index in [2.05, 4.69) is 0 Å². The first-order chi connectivity index (χ1) is 14.2. The van der Waals surface area contributed by atoms with Crippen LogP contribution in [0.15, 0.2) is 18.2 Å². The normalized spacial score (nSPS) is 15.2. The molecule has 1 N–H and O–H groups in total. The van der Waals surface area contributed by atoms with Crippen molar-refractivity contribution in [2.45, 2.75) is 64.9 Å². The van der Waals surface area contributed by atoms with Crippen molar-refractivity contribution in [1.29, 1.82) is 0 Å². The summed E-state index contributed by atoms with van der Waals surface area (Å²) >= 11 is 0. The smallest absolute Gasteiger partial charge is 0.410 e. The van der Waals surface area contributed by atoms with E-state index in [9.17, 15) is 14.0 Å². The molecule has 1 aromatic rings. The van der Waals surface area contributed by atoms with Gasteiger partial charge in [0.25, 0.3) is 0 Å². The van der Waals surface area contributed by atoms with Crippen molar-refractivity contribution < 1.29 is 28.6 Å². The molecule has 0 unspecified atom stereocenters. The second-order valence-electron chi connectivity index (χ2n) is 8.79. The Morgan fingerprint density at radius 3 is 2.50 bits per heavy atom. The third-order valence-corrected chi connectivity index (χ3v) is 5.09. The molecule has 2 rings (SSSR count). The molecule has 6 nitrogen and oxygen atoms in total. The average Bonchev–Trinajstić information content (AvgIpc) is 2.68. The van der Waals surface area contributed by atoms with Crippen LogP contribution >= 0.6 is 0 Å². The van der Waals surface area contributed by atoms with Crippen LogP contribution in [0.5, 0.6) is 5.75 Å². The van der Waals surface area contributed by atoms with Crippen molar-refractivity contribution in [1.82, 2.24) is 4.90 Å². The van der Waals surface area contributed by atoms with E-state index in [1.165, 1.54) is 12.1 Å². The summed E-state index contributed by atoms with van der Waals surface area (Å²) in [4.78, 5) is 25.8. The first kappa shape index (κ1) is 24.1. The summed E-state index contributed by atoms with van der Waals surface area (Å²) in [6.45, 7) is 7.40. The molecule has 0 aliphatic carbocycles. The Kier molecular flexibility index (Phi) is 9.08. The summed E-state index contributed by atoms with van der Waals surface area (Å²) in [5.41, 5.74) is -0.442. The van der Waals surface area contributed by atoms with E-state index in [0.29, 0.717) is 37.8 Å². The fraction of sp³-hybridized carbons (Fsp3) is 0.652. The number of piperidine rings is 1. The van der Waals surface area contributed by atoms with Crippen LogP contribution in [-0.4, -0.2) is 53.8 Å². The van der Waals surface area contributed by atoms with Gasteiger partial charge in [0.2, 0.25) is 0 Å². The number of ether oxygens (including phenoxy) is 2. The second-order valence-corrected chi connectivity index (χ2v) is 8.79. The van der Waals surface area contributed by atoms with E-state index >= 15 is 0 Å². The highest BCUT2D eigenvalue weighted by Crippen LogP contribution is 2.24. The number of nitrogens with zero attached hydrogens (tertiary/aromatic N) is 1. The predicted molar refractivity (Wildman–Crippen MR) is 112 cm³/mol. The van der Waals surface area contributed by atoms with Crippen molar-refractivity contribution in [3.8, 4) is 5.75 Å². The maximum Gasteiger partial charge on any atom is 0.410 e. The number of carbonyl (C=O) groups excluding carboxylic acids is 2. The number of amides is 1. The third kappa shape index (κ3) is 7.94. The number of ketones is 1. The summed E-state index contributed by atoms with van der Waals surface area (Å²) in [5, 5.41) is 8.78. The topological polar surface area (TPSA) is 76.1 Å². The highest BCUT2D eigenvalue weighted by atomic mass is 19.1. The maximum absolute atomic E-state index is 14.1. The van der Waals surface area contributed by atoms with Crippen LogP contribution in [0, 0.1) is 11.7 Å². The summed E-state index contributed by atoms with van der Waals surface area (Å²) < 4.78 is 25.2. The van der Waals surface area contributed by atoms with Gasteiger partial charge in [-0.05, 0) is 70.9 Å². The van der Waals surface area contributed by atoms with Gasteiger partial charge in [-0.3, -0.25) is 4.79 Å². The minimum absolute atomic E-state index is 0.0348. The molecule has 1 fully saturated rings. The fourth-order valence-corrected chi connectivity index (χ4v) is 3.48. The molecule has 0 radical (unpaired) electrons. The van der Waals surface area contributed by atoms with Crippen molar-refractivity contribution in [3.05, 3.63) is 29.6 Å². The minimum atomic E-state index is -0.593. The highest BCUT2D eigenvalue weighted by molar-refractivity contribution is 5.96. The number of hydrogen-bond donors (Lipinski definition) is 1. The molecular weight excluding hydrogens is 389 g/mol. The van der Waals surface area contributed by atoms with Gasteiger partial charge in [-0.15, -0.1) is 0 Å². The lowest BCUT2D eigenvalue weighted by Gasteiger charge is -2.33. The van der Waals surface area contributed by atoms with E-state index in [4.69, 9.17) is 14.6 Å². The van der Waals surface area contributed by atoms with E-state index in [0.717, 1.165) is 25.7 Å². The Bertz CT molecular complexity index is 708. The largest absolute Gasteiger partial charge is 0.493 e. The Hall–Kier alpha value is -2.15. The van der Waals surface area contributed by atoms with E-state index in [1.807, 2.05) is 20.8 Å². The molecule has 1 aromatic carbocycles. The highest BCUT2D eigenvalue weighted by Gasteiger charge is 2.26. The minimum Gasteiger partial charge on any atom is -0.493 e. The van der Waals surface area contributed by atoms with E-state index < -0.39 is 11.4 Å². The number of carbonyl (C=O) groups is 2. The zero-order chi connectivity index (χ0) is 22.1. The molecule has 30 heavy (non-hydrogen) atoms. The molecule has 1 aliphatic rings.